The third kappa shape index (κ3) is 0.813. The fourth-order valence-corrected chi connectivity index (χ4v) is 4.76. The number of nitrogens with zero attached hydrogens (tertiary/aromatic N) is 1. The highest BCUT2D eigenvalue weighted by atomic mass is 15.0. The molecule has 0 radical (unpaired) electrons. The minimum atomic E-state index is 0.481. The highest BCUT2D eigenvalue weighted by molar-refractivity contribution is 6.01. The van der Waals surface area contributed by atoms with Crippen LogP contribution in [0.5, 0.6) is 0 Å². The van der Waals surface area contributed by atoms with E-state index in [9.17, 15) is 0 Å². The van der Waals surface area contributed by atoms with Crippen LogP contribution >= 0.6 is 0 Å². The Morgan fingerprint density at radius 3 is 2.94 bits per heavy atom. The topological polar surface area (TPSA) is 12.4 Å². The van der Waals surface area contributed by atoms with Crippen LogP contribution in [0, 0.1) is 28.1 Å². The molecule has 4 atom stereocenters. The van der Waals surface area contributed by atoms with Crippen LogP contribution in [0.1, 0.15) is 46.5 Å². The summed E-state index contributed by atoms with van der Waals surface area (Å²) >= 11 is 0. The van der Waals surface area contributed by atoms with Crippen LogP contribution in [0.15, 0.2) is 17.3 Å². The molecule has 86 valence electrons. The Morgan fingerprint density at radius 2 is 2.19 bits per heavy atom. The molecule has 3 saturated carbocycles. The number of hydrogen-bond donors (Lipinski definition) is 0. The maximum atomic E-state index is 4.69. The molecule has 0 bridgehead atoms. The molecule has 3 fully saturated rings. The van der Waals surface area contributed by atoms with Gasteiger partial charge in [-0.05, 0) is 48.3 Å². The van der Waals surface area contributed by atoms with Crippen molar-refractivity contribution in [3.63, 3.8) is 0 Å². The van der Waals surface area contributed by atoms with E-state index >= 15 is 0 Å². The zero-order valence-corrected chi connectivity index (χ0v) is 10.6. The van der Waals surface area contributed by atoms with Crippen LogP contribution in [0.2, 0.25) is 0 Å². The Morgan fingerprint density at radius 1 is 1.38 bits per heavy atom. The number of allylic oxidation sites excluding steroid dienone is 1. The van der Waals surface area contributed by atoms with E-state index in [0.717, 1.165) is 11.8 Å². The van der Waals surface area contributed by atoms with Crippen molar-refractivity contribution < 1.29 is 0 Å². The average Bonchev–Trinajstić information content (AvgIpc) is 2.96. The molecule has 4 aliphatic rings. The fraction of sp³-hybridized carbons (Fsp3) is 0.800. The fourth-order valence-electron chi connectivity index (χ4n) is 4.76. The van der Waals surface area contributed by atoms with Gasteiger partial charge in [0.1, 0.15) is 0 Å². The molecule has 1 spiro atoms. The molecule has 0 N–H and O–H groups in total. The van der Waals surface area contributed by atoms with Gasteiger partial charge in [0, 0.05) is 17.3 Å². The Balaban J connectivity index is 1.71. The lowest BCUT2D eigenvalue weighted by Crippen LogP contribution is -2.25. The minimum Gasteiger partial charge on any atom is -0.265 e. The van der Waals surface area contributed by atoms with E-state index in [2.05, 4.69) is 33.0 Å². The second-order valence-electron chi connectivity index (χ2n) is 7.51. The molecule has 1 heteroatoms. The van der Waals surface area contributed by atoms with Gasteiger partial charge >= 0.3 is 0 Å². The largest absolute Gasteiger partial charge is 0.265 e. The van der Waals surface area contributed by atoms with Crippen LogP contribution in [-0.2, 0) is 0 Å². The van der Waals surface area contributed by atoms with Crippen molar-refractivity contribution in [1.29, 1.82) is 0 Å². The summed E-state index contributed by atoms with van der Waals surface area (Å²) in [6.07, 6.45) is 10.0. The molecule has 16 heavy (non-hydrogen) atoms. The molecule has 0 saturated heterocycles. The maximum absolute atomic E-state index is 4.69. The van der Waals surface area contributed by atoms with E-state index in [1.54, 1.807) is 5.71 Å². The molecular weight excluding hydrogens is 194 g/mol. The first-order valence-electron chi connectivity index (χ1n) is 6.75. The second kappa shape index (κ2) is 2.32. The van der Waals surface area contributed by atoms with Crippen molar-refractivity contribution in [2.75, 3.05) is 0 Å². The summed E-state index contributed by atoms with van der Waals surface area (Å²) in [4.78, 5) is 4.69. The summed E-state index contributed by atoms with van der Waals surface area (Å²) in [5, 5.41) is 0. The van der Waals surface area contributed by atoms with Crippen LogP contribution in [0.4, 0.5) is 0 Å². The first-order chi connectivity index (χ1) is 7.51. The quantitative estimate of drug-likeness (QED) is 0.582. The number of rotatable bonds is 0. The molecule has 0 amide bonds. The van der Waals surface area contributed by atoms with Crippen molar-refractivity contribution >= 4 is 5.71 Å². The third-order valence-electron chi connectivity index (χ3n) is 5.99. The molecule has 1 aliphatic heterocycles. The van der Waals surface area contributed by atoms with E-state index < -0.39 is 0 Å². The highest BCUT2D eigenvalue weighted by Gasteiger charge is 2.91. The van der Waals surface area contributed by atoms with Gasteiger partial charge in [0.05, 0.1) is 0 Å². The third-order valence-corrected chi connectivity index (χ3v) is 5.99. The van der Waals surface area contributed by atoms with Crippen molar-refractivity contribution in [2.45, 2.75) is 46.5 Å². The minimum absolute atomic E-state index is 0.481. The van der Waals surface area contributed by atoms with Crippen LogP contribution in [-0.4, -0.2) is 5.71 Å². The van der Waals surface area contributed by atoms with Crippen molar-refractivity contribution in [3.8, 4) is 0 Å². The van der Waals surface area contributed by atoms with Gasteiger partial charge in [0.25, 0.3) is 0 Å². The zero-order chi connectivity index (χ0) is 11.2. The lowest BCUT2D eigenvalue weighted by atomic mass is 9.72. The molecule has 0 aromatic rings. The van der Waals surface area contributed by atoms with Gasteiger partial charge in [-0.1, -0.05) is 26.8 Å². The maximum Gasteiger partial charge on any atom is 0.0252 e. The summed E-state index contributed by atoms with van der Waals surface area (Å²) in [5.41, 5.74) is 3.33. The van der Waals surface area contributed by atoms with Crippen LogP contribution in [0.3, 0.4) is 0 Å². The smallest absolute Gasteiger partial charge is 0.0252 e. The summed E-state index contributed by atoms with van der Waals surface area (Å²) in [7, 11) is 0. The van der Waals surface area contributed by atoms with Crippen molar-refractivity contribution in [2.24, 2.45) is 33.1 Å². The monoisotopic (exact) mass is 215 g/mol. The highest BCUT2D eigenvalue weighted by Crippen LogP contribution is 2.94. The SMILES string of the molecule is CC(C)(C)C1CCC2=NC=CC3C4(C1)CC234. The van der Waals surface area contributed by atoms with Gasteiger partial charge in [-0.3, -0.25) is 4.99 Å². The Labute approximate surface area is 98.0 Å². The molecule has 0 aromatic heterocycles. The van der Waals surface area contributed by atoms with Gasteiger partial charge in [-0.15, -0.1) is 0 Å². The van der Waals surface area contributed by atoms with Gasteiger partial charge in [-0.25, -0.2) is 0 Å². The predicted octanol–water partition coefficient (Wildman–Crippen LogP) is 3.81. The standard InChI is InChI=1S/C15H21N/c1-13(2,3)10-4-5-12-15-9-14(15,8-10)11(15)6-7-16-12/h6-7,10-11H,4-5,8-9H2,1-3H3. The number of hydrogen-bond acceptors (Lipinski definition) is 1. The second-order valence-corrected chi connectivity index (χ2v) is 7.51. The predicted molar refractivity (Wildman–Crippen MR) is 66.3 cm³/mol. The summed E-state index contributed by atoms with van der Waals surface area (Å²) in [5.74, 6) is 1.79. The van der Waals surface area contributed by atoms with Crippen LogP contribution in [0.25, 0.3) is 0 Å². The average molecular weight is 215 g/mol. The summed E-state index contributed by atoms with van der Waals surface area (Å²) < 4.78 is 0. The molecule has 4 unspecified atom stereocenters. The lowest BCUT2D eigenvalue weighted by molar-refractivity contribution is 0.189. The van der Waals surface area contributed by atoms with Gasteiger partial charge in [-0.2, -0.15) is 0 Å². The molecule has 1 nitrogen and oxygen atoms in total. The molecule has 0 aromatic carbocycles. The molecular formula is C15H21N. The molecule has 3 aliphatic carbocycles. The number of aliphatic imine (C=N–C) groups is 1. The van der Waals surface area contributed by atoms with Crippen molar-refractivity contribution in [3.05, 3.63) is 12.3 Å². The first kappa shape index (κ1) is 9.44. The van der Waals surface area contributed by atoms with E-state index in [-0.39, 0.29) is 0 Å². The Bertz CT molecular complexity index is 425. The normalized spacial score (nSPS) is 52.3. The molecule has 4 rings (SSSR count). The van der Waals surface area contributed by atoms with Gasteiger partial charge < -0.3 is 0 Å². The Hall–Kier alpha value is -0.590. The van der Waals surface area contributed by atoms with E-state index in [0.29, 0.717) is 16.2 Å². The summed E-state index contributed by atoms with van der Waals surface area (Å²) in [6.45, 7) is 7.25. The first-order valence-corrected chi connectivity index (χ1v) is 6.75. The van der Waals surface area contributed by atoms with E-state index in [1.807, 2.05) is 0 Å². The van der Waals surface area contributed by atoms with Crippen LogP contribution < -0.4 is 0 Å². The Kier molecular flexibility index (Phi) is 1.37. The molecule has 1 heterocycles. The lowest BCUT2D eigenvalue weighted by Gasteiger charge is -2.33. The van der Waals surface area contributed by atoms with Gasteiger partial charge in [0.15, 0.2) is 0 Å². The zero-order valence-electron chi connectivity index (χ0n) is 10.6. The van der Waals surface area contributed by atoms with E-state index in [1.165, 1.54) is 25.7 Å². The van der Waals surface area contributed by atoms with E-state index in [4.69, 9.17) is 4.99 Å². The van der Waals surface area contributed by atoms with Crippen molar-refractivity contribution in [1.82, 2.24) is 0 Å². The van der Waals surface area contributed by atoms with Gasteiger partial charge in [0.2, 0.25) is 0 Å². The summed E-state index contributed by atoms with van der Waals surface area (Å²) in [6, 6.07) is 0.